The summed E-state index contributed by atoms with van der Waals surface area (Å²) in [5.74, 6) is 1.77. The summed E-state index contributed by atoms with van der Waals surface area (Å²) < 4.78 is 0. The molecule has 3 atom stereocenters. The summed E-state index contributed by atoms with van der Waals surface area (Å²) in [6, 6.07) is 0.744. The third-order valence-corrected chi connectivity index (χ3v) is 3.91. The summed E-state index contributed by atoms with van der Waals surface area (Å²) >= 11 is 0. The van der Waals surface area contributed by atoms with Gasteiger partial charge in [0.2, 0.25) is 0 Å². The number of nitrogens with zero attached hydrogens (tertiary/aromatic N) is 1. The molecule has 3 heteroatoms. The first-order valence-electron chi connectivity index (χ1n) is 5.88. The summed E-state index contributed by atoms with van der Waals surface area (Å²) in [5, 5.41) is 12.2. The molecule has 0 saturated carbocycles. The largest absolute Gasteiger partial charge is 0.396 e. The Morgan fingerprint density at radius 3 is 2.93 bits per heavy atom. The summed E-state index contributed by atoms with van der Waals surface area (Å²) in [7, 11) is 0. The molecule has 2 rings (SSSR count). The van der Waals surface area contributed by atoms with Gasteiger partial charge in [-0.05, 0) is 51.2 Å². The Morgan fingerprint density at radius 2 is 2.21 bits per heavy atom. The molecule has 82 valence electrons. The molecule has 14 heavy (non-hydrogen) atoms. The molecule has 3 unspecified atom stereocenters. The molecule has 2 heterocycles. The average molecular weight is 198 g/mol. The Balaban J connectivity index is 1.78. The Kier molecular flexibility index (Phi) is 3.42. The smallest absolute Gasteiger partial charge is 0.0431 e. The molecule has 0 radical (unpaired) electrons. The Hall–Kier alpha value is -0.120. The molecule has 0 bridgehead atoms. The lowest BCUT2D eigenvalue weighted by Crippen LogP contribution is -2.34. The van der Waals surface area contributed by atoms with Gasteiger partial charge >= 0.3 is 0 Å². The predicted octanol–water partition coefficient (Wildman–Crippen LogP) is 0.299. The van der Waals surface area contributed by atoms with Crippen LogP contribution in [-0.4, -0.2) is 48.8 Å². The lowest BCUT2D eigenvalue weighted by atomic mass is 9.95. The van der Waals surface area contributed by atoms with Gasteiger partial charge in [-0.15, -0.1) is 0 Å². The first-order chi connectivity index (χ1) is 6.83. The van der Waals surface area contributed by atoms with Gasteiger partial charge in [0.15, 0.2) is 0 Å². The fourth-order valence-corrected chi connectivity index (χ4v) is 2.98. The standard InChI is InChI=1S/C11H22N2O/c1-9-11-7-12-6-10(11)8-13(9)4-2-3-5-14/h9-12,14H,2-8H2,1H3. The molecule has 0 aromatic heterocycles. The molecule has 0 aromatic rings. The number of aliphatic hydroxyl groups is 1. The number of hydrogen-bond acceptors (Lipinski definition) is 3. The summed E-state index contributed by atoms with van der Waals surface area (Å²) in [4.78, 5) is 2.60. The van der Waals surface area contributed by atoms with Crippen LogP contribution in [0.25, 0.3) is 0 Å². The van der Waals surface area contributed by atoms with E-state index in [1.807, 2.05) is 0 Å². The summed E-state index contributed by atoms with van der Waals surface area (Å²) in [6.07, 6.45) is 2.10. The van der Waals surface area contributed by atoms with E-state index in [-0.39, 0.29) is 0 Å². The first-order valence-corrected chi connectivity index (χ1v) is 5.88. The second-order valence-corrected chi connectivity index (χ2v) is 4.75. The molecule has 2 aliphatic rings. The quantitative estimate of drug-likeness (QED) is 0.638. The molecule has 0 aromatic carbocycles. The highest BCUT2D eigenvalue weighted by molar-refractivity contribution is 4.96. The fourth-order valence-electron chi connectivity index (χ4n) is 2.98. The molecule has 2 N–H and O–H groups in total. The van der Waals surface area contributed by atoms with Crippen molar-refractivity contribution in [2.75, 3.05) is 32.8 Å². The van der Waals surface area contributed by atoms with Gasteiger partial charge < -0.3 is 10.4 Å². The second kappa shape index (κ2) is 4.60. The highest BCUT2D eigenvalue weighted by Gasteiger charge is 2.41. The second-order valence-electron chi connectivity index (χ2n) is 4.75. The Labute approximate surface area is 86.5 Å². The molecule has 2 saturated heterocycles. The first kappa shape index (κ1) is 10.4. The van der Waals surface area contributed by atoms with Gasteiger partial charge in [0.25, 0.3) is 0 Å². The number of fused-ring (bicyclic) bond motifs is 1. The van der Waals surface area contributed by atoms with Gasteiger partial charge in [0, 0.05) is 19.2 Å². The lowest BCUT2D eigenvalue weighted by molar-refractivity contribution is 0.220. The van der Waals surface area contributed by atoms with Crippen LogP contribution in [0.15, 0.2) is 0 Å². The monoisotopic (exact) mass is 198 g/mol. The number of rotatable bonds is 4. The van der Waals surface area contributed by atoms with Crippen molar-refractivity contribution in [1.82, 2.24) is 10.2 Å². The van der Waals surface area contributed by atoms with Crippen LogP contribution in [0.4, 0.5) is 0 Å². The molecular weight excluding hydrogens is 176 g/mol. The minimum absolute atomic E-state index is 0.344. The molecule has 3 nitrogen and oxygen atoms in total. The van der Waals surface area contributed by atoms with Crippen molar-refractivity contribution < 1.29 is 5.11 Å². The fraction of sp³-hybridized carbons (Fsp3) is 1.00. The van der Waals surface area contributed by atoms with Crippen molar-refractivity contribution >= 4 is 0 Å². The molecule has 2 aliphatic heterocycles. The predicted molar refractivity (Wildman–Crippen MR) is 57.2 cm³/mol. The zero-order valence-electron chi connectivity index (χ0n) is 9.08. The van der Waals surface area contributed by atoms with E-state index >= 15 is 0 Å². The molecule has 0 spiro atoms. The van der Waals surface area contributed by atoms with Crippen molar-refractivity contribution in [3.8, 4) is 0 Å². The van der Waals surface area contributed by atoms with Gasteiger partial charge in [-0.3, -0.25) is 4.90 Å². The highest BCUT2D eigenvalue weighted by atomic mass is 16.2. The summed E-state index contributed by atoms with van der Waals surface area (Å²) in [5.41, 5.74) is 0. The van der Waals surface area contributed by atoms with Gasteiger partial charge in [0.1, 0.15) is 0 Å². The van der Waals surface area contributed by atoms with E-state index in [9.17, 15) is 0 Å². The van der Waals surface area contributed by atoms with Crippen molar-refractivity contribution in [3.63, 3.8) is 0 Å². The van der Waals surface area contributed by atoms with Crippen LogP contribution in [0.3, 0.4) is 0 Å². The molecule has 0 aliphatic carbocycles. The van der Waals surface area contributed by atoms with Gasteiger partial charge in [-0.25, -0.2) is 0 Å². The van der Waals surface area contributed by atoms with Crippen molar-refractivity contribution in [2.24, 2.45) is 11.8 Å². The minimum atomic E-state index is 0.344. The van der Waals surface area contributed by atoms with Crippen molar-refractivity contribution in [1.29, 1.82) is 0 Å². The number of nitrogens with one attached hydrogen (secondary N) is 1. The van der Waals surface area contributed by atoms with Gasteiger partial charge in [0.05, 0.1) is 0 Å². The van der Waals surface area contributed by atoms with E-state index in [1.165, 1.54) is 26.2 Å². The number of aliphatic hydroxyl groups excluding tert-OH is 1. The van der Waals surface area contributed by atoms with E-state index in [0.29, 0.717) is 6.61 Å². The molecular formula is C11H22N2O. The Morgan fingerprint density at radius 1 is 1.36 bits per heavy atom. The highest BCUT2D eigenvalue weighted by Crippen LogP contribution is 2.32. The van der Waals surface area contributed by atoms with Crippen LogP contribution in [-0.2, 0) is 0 Å². The van der Waals surface area contributed by atoms with Crippen LogP contribution < -0.4 is 5.32 Å². The van der Waals surface area contributed by atoms with Crippen LogP contribution in [0.5, 0.6) is 0 Å². The average Bonchev–Trinajstić information content (AvgIpc) is 2.72. The maximum Gasteiger partial charge on any atom is 0.0431 e. The van der Waals surface area contributed by atoms with Gasteiger partial charge in [-0.2, -0.15) is 0 Å². The number of hydrogen-bond donors (Lipinski definition) is 2. The van der Waals surface area contributed by atoms with E-state index < -0.39 is 0 Å². The third kappa shape index (κ3) is 1.95. The van der Waals surface area contributed by atoms with Crippen molar-refractivity contribution in [2.45, 2.75) is 25.8 Å². The number of likely N-dealkylation sites (tertiary alicyclic amines) is 1. The Bertz CT molecular complexity index is 186. The van der Waals surface area contributed by atoms with Crippen LogP contribution in [0, 0.1) is 11.8 Å². The number of unbranched alkanes of at least 4 members (excludes halogenated alkanes) is 1. The van der Waals surface area contributed by atoms with Crippen LogP contribution in [0.1, 0.15) is 19.8 Å². The molecule has 2 fully saturated rings. The lowest BCUT2D eigenvalue weighted by Gasteiger charge is -2.23. The zero-order valence-corrected chi connectivity index (χ0v) is 9.08. The minimum Gasteiger partial charge on any atom is -0.396 e. The topological polar surface area (TPSA) is 35.5 Å². The zero-order chi connectivity index (χ0) is 9.97. The SMILES string of the molecule is CC1C2CNCC2CN1CCCCO. The summed E-state index contributed by atoms with van der Waals surface area (Å²) in [6.45, 7) is 7.57. The van der Waals surface area contributed by atoms with Crippen LogP contribution >= 0.6 is 0 Å². The van der Waals surface area contributed by atoms with Crippen LogP contribution in [0.2, 0.25) is 0 Å². The van der Waals surface area contributed by atoms with Gasteiger partial charge in [-0.1, -0.05) is 0 Å². The maximum absolute atomic E-state index is 8.74. The normalized spacial score (nSPS) is 37.7. The van der Waals surface area contributed by atoms with E-state index in [4.69, 9.17) is 5.11 Å². The third-order valence-electron chi connectivity index (χ3n) is 3.91. The van der Waals surface area contributed by atoms with E-state index in [1.54, 1.807) is 0 Å². The van der Waals surface area contributed by atoms with Crippen molar-refractivity contribution in [3.05, 3.63) is 0 Å². The maximum atomic E-state index is 8.74. The van der Waals surface area contributed by atoms with E-state index in [0.717, 1.165) is 30.7 Å². The van der Waals surface area contributed by atoms with E-state index in [2.05, 4.69) is 17.1 Å². The molecule has 0 amide bonds.